The van der Waals surface area contributed by atoms with Gasteiger partial charge in [-0.15, -0.1) is 0 Å². The first-order chi connectivity index (χ1) is 7.20. The van der Waals surface area contributed by atoms with Gasteiger partial charge in [0.1, 0.15) is 0 Å². The Balaban J connectivity index is 2.41. The second-order valence-corrected chi connectivity index (χ2v) is 4.46. The molecule has 0 atom stereocenters. The predicted molar refractivity (Wildman–Crippen MR) is 66.6 cm³/mol. The summed E-state index contributed by atoms with van der Waals surface area (Å²) in [6.45, 7) is 2.63. The van der Waals surface area contributed by atoms with Crippen molar-refractivity contribution >= 4 is 15.9 Å². The average Bonchev–Trinajstić information content (AvgIpc) is 2.61. The molecule has 0 aliphatic carbocycles. The molecule has 3 heteroatoms. The minimum absolute atomic E-state index is 0.582. The number of nitrogens with one attached hydrogen (secondary N) is 1. The molecule has 0 radical (unpaired) electrons. The van der Waals surface area contributed by atoms with Crippen molar-refractivity contribution in [2.45, 2.75) is 13.5 Å². The van der Waals surface area contributed by atoms with Gasteiger partial charge in [-0.05, 0) is 36.2 Å². The summed E-state index contributed by atoms with van der Waals surface area (Å²) in [4.78, 5) is 3.34. The number of aryl methyl sites for hydroxylation is 1. The van der Waals surface area contributed by atoms with Crippen LogP contribution in [0.3, 0.4) is 0 Å². The molecule has 1 heterocycles. The molecular weight excluding hydrogens is 252 g/mol. The number of hydrogen-bond donors (Lipinski definition) is 2. The van der Waals surface area contributed by atoms with E-state index >= 15 is 0 Å². The van der Waals surface area contributed by atoms with Crippen molar-refractivity contribution in [2.75, 3.05) is 0 Å². The second-order valence-electron chi connectivity index (χ2n) is 3.54. The highest BCUT2D eigenvalue weighted by molar-refractivity contribution is 9.10. The molecule has 0 unspecified atom stereocenters. The summed E-state index contributed by atoms with van der Waals surface area (Å²) < 4.78 is 1.09. The van der Waals surface area contributed by atoms with Crippen molar-refractivity contribution in [3.63, 3.8) is 0 Å². The molecule has 0 aliphatic heterocycles. The zero-order valence-electron chi connectivity index (χ0n) is 8.55. The highest BCUT2D eigenvalue weighted by Gasteiger charge is 2.04. The number of rotatable bonds is 2. The number of aromatic amines is 1. The van der Waals surface area contributed by atoms with Gasteiger partial charge in [0.25, 0.3) is 0 Å². The van der Waals surface area contributed by atoms with Gasteiger partial charge in [-0.1, -0.05) is 28.1 Å². The lowest BCUT2D eigenvalue weighted by molar-refractivity contribution is 1.04. The average molecular weight is 265 g/mol. The molecule has 0 spiro atoms. The molecule has 0 fully saturated rings. The summed E-state index contributed by atoms with van der Waals surface area (Å²) in [6, 6.07) is 10.3. The minimum atomic E-state index is 0.582. The number of benzene rings is 1. The van der Waals surface area contributed by atoms with E-state index in [0.29, 0.717) is 6.54 Å². The van der Waals surface area contributed by atoms with Gasteiger partial charge in [-0.25, -0.2) is 0 Å². The van der Waals surface area contributed by atoms with Crippen molar-refractivity contribution in [1.82, 2.24) is 4.98 Å². The summed E-state index contributed by atoms with van der Waals surface area (Å²) in [5.74, 6) is 0. The fraction of sp³-hybridized carbons (Fsp3) is 0.167. The lowest BCUT2D eigenvalue weighted by Gasteiger charge is -1.97. The van der Waals surface area contributed by atoms with Gasteiger partial charge in [0.05, 0.1) is 0 Å². The first-order valence-electron chi connectivity index (χ1n) is 4.85. The standard InChI is InChI=1S/C12H13BrN2/c1-8-10(7-14)6-12(15-8)9-2-4-11(13)5-3-9/h2-6,15H,7,14H2,1H3. The molecule has 0 bridgehead atoms. The van der Waals surface area contributed by atoms with Crippen LogP contribution in [0.5, 0.6) is 0 Å². The van der Waals surface area contributed by atoms with E-state index in [0.717, 1.165) is 15.9 Å². The number of halogens is 1. The maximum absolute atomic E-state index is 5.64. The van der Waals surface area contributed by atoms with Crippen LogP contribution in [0.25, 0.3) is 11.3 Å². The Morgan fingerprint density at radius 2 is 1.93 bits per heavy atom. The zero-order chi connectivity index (χ0) is 10.8. The summed E-state index contributed by atoms with van der Waals surface area (Å²) >= 11 is 3.42. The van der Waals surface area contributed by atoms with Crippen molar-refractivity contribution < 1.29 is 0 Å². The van der Waals surface area contributed by atoms with E-state index in [1.54, 1.807) is 0 Å². The fourth-order valence-corrected chi connectivity index (χ4v) is 1.86. The van der Waals surface area contributed by atoms with Gasteiger partial charge in [-0.3, -0.25) is 0 Å². The fourth-order valence-electron chi connectivity index (χ4n) is 1.60. The largest absolute Gasteiger partial charge is 0.358 e. The molecule has 78 valence electrons. The summed E-state index contributed by atoms with van der Waals surface area (Å²) in [5, 5.41) is 0. The molecule has 2 nitrogen and oxygen atoms in total. The highest BCUT2D eigenvalue weighted by Crippen LogP contribution is 2.23. The van der Waals surface area contributed by atoms with Crippen LogP contribution < -0.4 is 5.73 Å². The molecule has 2 rings (SSSR count). The predicted octanol–water partition coefficient (Wildman–Crippen LogP) is 3.21. The van der Waals surface area contributed by atoms with E-state index in [-0.39, 0.29) is 0 Å². The van der Waals surface area contributed by atoms with Gasteiger partial charge >= 0.3 is 0 Å². The topological polar surface area (TPSA) is 41.8 Å². The molecule has 2 aromatic rings. The minimum Gasteiger partial charge on any atom is -0.358 e. The first kappa shape index (κ1) is 10.5. The molecule has 1 aromatic heterocycles. The van der Waals surface area contributed by atoms with Crippen LogP contribution in [-0.4, -0.2) is 4.98 Å². The summed E-state index contributed by atoms with van der Waals surface area (Å²) in [5.41, 5.74) is 10.3. The normalized spacial score (nSPS) is 10.6. The third-order valence-corrected chi connectivity index (χ3v) is 3.03. The zero-order valence-corrected chi connectivity index (χ0v) is 10.1. The second kappa shape index (κ2) is 4.21. The van der Waals surface area contributed by atoms with E-state index < -0.39 is 0 Å². The maximum Gasteiger partial charge on any atom is 0.0459 e. The van der Waals surface area contributed by atoms with E-state index in [2.05, 4.69) is 39.1 Å². The van der Waals surface area contributed by atoms with Gasteiger partial charge in [0.15, 0.2) is 0 Å². The Morgan fingerprint density at radius 1 is 1.27 bits per heavy atom. The Labute approximate surface area is 97.6 Å². The summed E-state index contributed by atoms with van der Waals surface area (Å²) in [6.07, 6.45) is 0. The van der Waals surface area contributed by atoms with Crippen LogP contribution in [0.2, 0.25) is 0 Å². The molecule has 0 aliphatic rings. The number of hydrogen-bond acceptors (Lipinski definition) is 1. The molecule has 0 saturated heterocycles. The summed E-state index contributed by atoms with van der Waals surface area (Å²) in [7, 11) is 0. The van der Waals surface area contributed by atoms with Crippen LogP contribution in [0.1, 0.15) is 11.3 Å². The molecular formula is C12H13BrN2. The van der Waals surface area contributed by atoms with E-state index in [1.807, 2.05) is 19.1 Å². The van der Waals surface area contributed by atoms with Crippen molar-refractivity contribution in [1.29, 1.82) is 0 Å². The quantitative estimate of drug-likeness (QED) is 0.860. The molecule has 0 saturated carbocycles. The highest BCUT2D eigenvalue weighted by atomic mass is 79.9. The van der Waals surface area contributed by atoms with Gasteiger partial charge in [0.2, 0.25) is 0 Å². The van der Waals surface area contributed by atoms with Crippen LogP contribution in [0, 0.1) is 6.92 Å². The number of H-pyrrole nitrogens is 1. The van der Waals surface area contributed by atoms with E-state index in [9.17, 15) is 0 Å². The Bertz CT molecular complexity index is 457. The van der Waals surface area contributed by atoms with Crippen LogP contribution >= 0.6 is 15.9 Å². The van der Waals surface area contributed by atoms with Gasteiger partial charge in [-0.2, -0.15) is 0 Å². The van der Waals surface area contributed by atoms with Crippen molar-refractivity contribution in [3.8, 4) is 11.3 Å². The number of nitrogens with two attached hydrogens (primary N) is 1. The monoisotopic (exact) mass is 264 g/mol. The Morgan fingerprint density at radius 3 is 2.47 bits per heavy atom. The smallest absolute Gasteiger partial charge is 0.0459 e. The van der Waals surface area contributed by atoms with E-state index in [1.165, 1.54) is 11.1 Å². The SMILES string of the molecule is Cc1[nH]c(-c2ccc(Br)cc2)cc1CN. The van der Waals surface area contributed by atoms with Crippen molar-refractivity contribution in [3.05, 3.63) is 46.1 Å². The third-order valence-electron chi connectivity index (χ3n) is 2.50. The van der Waals surface area contributed by atoms with Crippen molar-refractivity contribution in [2.24, 2.45) is 5.73 Å². The molecule has 0 amide bonds. The van der Waals surface area contributed by atoms with Crippen LogP contribution in [0.4, 0.5) is 0 Å². The maximum atomic E-state index is 5.64. The lowest BCUT2D eigenvalue weighted by atomic mass is 10.1. The molecule has 15 heavy (non-hydrogen) atoms. The first-order valence-corrected chi connectivity index (χ1v) is 5.64. The molecule has 3 N–H and O–H groups in total. The van der Waals surface area contributed by atoms with Crippen LogP contribution in [0.15, 0.2) is 34.8 Å². The van der Waals surface area contributed by atoms with Gasteiger partial charge < -0.3 is 10.7 Å². The van der Waals surface area contributed by atoms with Gasteiger partial charge in [0, 0.05) is 22.4 Å². The Hall–Kier alpha value is -1.06. The number of aromatic nitrogens is 1. The Kier molecular flexibility index (Phi) is 2.93. The van der Waals surface area contributed by atoms with E-state index in [4.69, 9.17) is 5.73 Å². The lowest BCUT2D eigenvalue weighted by Crippen LogP contribution is -1.95. The van der Waals surface area contributed by atoms with Crippen LogP contribution in [-0.2, 0) is 6.54 Å². The molecule has 1 aromatic carbocycles. The third kappa shape index (κ3) is 2.13.